The van der Waals surface area contributed by atoms with E-state index >= 15 is 0 Å². The molecule has 0 bridgehead atoms. The molecule has 0 amide bonds. The van der Waals surface area contributed by atoms with E-state index in [1.54, 1.807) is 6.20 Å². The Balaban J connectivity index is 1.48. The molecule has 0 saturated carbocycles. The molecule has 23 heavy (non-hydrogen) atoms. The Bertz CT molecular complexity index is 605. The van der Waals surface area contributed by atoms with Gasteiger partial charge in [-0.1, -0.05) is 0 Å². The van der Waals surface area contributed by atoms with Crippen molar-refractivity contribution in [2.75, 3.05) is 13.1 Å². The first-order valence-corrected chi connectivity index (χ1v) is 8.19. The van der Waals surface area contributed by atoms with Gasteiger partial charge in [0.2, 0.25) is 0 Å². The summed E-state index contributed by atoms with van der Waals surface area (Å²) in [5.74, 6) is 0.492. The third kappa shape index (κ3) is 4.45. The number of hydrogen-bond acceptors (Lipinski definition) is 4. The molecule has 1 aromatic carbocycles. The van der Waals surface area contributed by atoms with Crippen LogP contribution in [0.3, 0.4) is 0 Å². The molecule has 123 valence electrons. The molecular weight excluding hydrogens is 325 g/mol. The topological polar surface area (TPSA) is 25.4 Å². The molecule has 1 aromatic heterocycles. The van der Waals surface area contributed by atoms with Crippen LogP contribution in [0.4, 0.5) is 13.2 Å². The normalized spacial score (nSPS) is 17.3. The van der Waals surface area contributed by atoms with Gasteiger partial charge in [-0.25, -0.2) is 4.98 Å². The molecule has 1 aliphatic heterocycles. The van der Waals surface area contributed by atoms with Gasteiger partial charge < -0.3 is 4.74 Å². The average molecular weight is 341 g/mol. The quantitative estimate of drug-likeness (QED) is 0.840. The maximum absolute atomic E-state index is 12.5. The third-order valence-corrected chi connectivity index (χ3v) is 4.51. The summed E-state index contributed by atoms with van der Waals surface area (Å²) < 4.78 is 43.4. The van der Waals surface area contributed by atoms with E-state index in [2.05, 4.69) is 15.3 Å². The number of alkyl halides is 3. The molecule has 3 rings (SSSR count). The highest BCUT2D eigenvalue weighted by Crippen LogP contribution is 2.30. The van der Waals surface area contributed by atoms with E-state index in [9.17, 15) is 13.2 Å². The molecule has 7 heteroatoms. The second-order valence-corrected chi connectivity index (χ2v) is 6.40. The van der Waals surface area contributed by atoms with Crippen LogP contribution >= 0.6 is 11.3 Å². The predicted molar refractivity (Wildman–Crippen MR) is 81.3 cm³/mol. The highest BCUT2D eigenvalue weighted by Gasteiger charge is 2.30. The molecule has 1 aliphatic rings. The largest absolute Gasteiger partial charge is 0.490 e. The predicted octanol–water partition coefficient (Wildman–Crippen LogP) is 4.01. The summed E-state index contributed by atoms with van der Waals surface area (Å²) in [6, 6.07) is 4.90. The minimum Gasteiger partial charge on any atom is -0.490 e. The summed E-state index contributed by atoms with van der Waals surface area (Å²) in [7, 11) is 0. The molecule has 0 N–H and O–H groups in total. The first kappa shape index (κ1) is 16.3. The Kier molecular flexibility index (Phi) is 4.87. The van der Waals surface area contributed by atoms with Gasteiger partial charge in [0.05, 0.1) is 17.5 Å². The Labute approximate surface area is 136 Å². The van der Waals surface area contributed by atoms with E-state index in [1.807, 2.05) is 0 Å². The molecule has 0 aliphatic carbocycles. The first-order chi connectivity index (χ1) is 11.0. The van der Waals surface area contributed by atoms with Gasteiger partial charge in [0.1, 0.15) is 16.9 Å². The number of benzene rings is 1. The molecule has 0 spiro atoms. The molecular formula is C16H16F3N2OS. The average Bonchev–Trinajstić information content (AvgIpc) is 3.02. The van der Waals surface area contributed by atoms with E-state index in [-0.39, 0.29) is 6.10 Å². The molecule has 3 nitrogen and oxygen atoms in total. The van der Waals surface area contributed by atoms with Crippen molar-refractivity contribution in [3.8, 4) is 5.75 Å². The number of piperidine rings is 1. The van der Waals surface area contributed by atoms with Gasteiger partial charge in [-0.15, -0.1) is 11.3 Å². The maximum atomic E-state index is 12.5. The number of ether oxygens (including phenoxy) is 1. The van der Waals surface area contributed by atoms with Crippen molar-refractivity contribution in [1.29, 1.82) is 0 Å². The Hall–Kier alpha value is -1.60. The van der Waals surface area contributed by atoms with Crippen molar-refractivity contribution in [1.82, 2.24) is 9.88 Å². The number of hydrogen-bond donors (Lipinski definition) is 0. The van der Waals surface area contributed by atoms with Gasteiger partial charge in [-0.3, -0.25) is 4.90 Å². The first-order valence-electron chi connectivity index (χ1n) is 7.38. The monoisotopic (exact) mass is 341 g/mol. The molecule has 2 aromatic rings. The van der Waals surface area contributed by atoms with Gasteiger partial charge in [-0.2, -0.15) is 13.2 Å². The fourth-order valence-corrected chi connectivity index (χ4v) is 3.18. The van der Waals surface area contributed by atoms with Crippen LogP contribution in [0.2, 0.25) is 0 Å². The number of aromatic nitrogens is 1. The molecule has 0 atom stereocenters. The van der Waals surface area contributed by atoms with Gasteiger partial charge >= 0.3 is 6.18 Å². The fraction of sp³-hybridized carbons (Fsp3) is 0.438. The van der Waals surface area contributed by atoms with E-state index in [1.165, 1.54) is 23.5 Å². The molecule has 1 radical (unpaired) electrons. The lowest BCUT2D eigenvalue weighted by molar-refractivity contribution is -0.137. The van der Waals surface area contributed by atoms with Crippen molar-refractivity contribution in [2.24, 2.45) is 0 Å². The minimum absolute atomic E-state index is 0.0471. The standard InChI is InChI=1S/C16H16F3N2OS/c17-16(18,19)12-1-3-13(4-2-12)22-14-5-8-21(9-6-14)11-15-20-7-10-23-15/h1-4,7,14H,5-6,8-9,11H2. The van der Waals surface area contributed by atoms with Crippen LogP contribution in [-0.4, -0.2) is 29.1 Å². The van der Waals surface area contributed by atoms with Crippen molar-refractivity contribution < 1.29 is 17.9 Å². The Morgan fingerprint density at radius 2 is 1.91 bits per heavy atom. The van der Waals surface area contributed by atoms with E-state index in [4.69, 9.17) is 4.74 Å². The van der Waals surface area contributed by atoms with Crippen molar-refractivity contribution in [3.63, 3.8) is 0 Å². The maximum Gasteiger partial charge on any atom is 0.416 e. The van der Waals surface area contributed by atoms with Crippen LogP contribution in [-0.2, 0) is 12.7 Å². The Morgan fingerprint density at radius 1 is 1.22 bits per heavy atom. The zero-order valence-corrected chi connectivity index (χ0v) is 13.2. The lowest BCUT2D eigenvalue weighted by Gasteiger charge is -2.31. The zero-order valence-electron chi connectivity index (χ0n) is 12.3. The smallest absolute Gasteiger partial charge is 0.416 e. The van der Waals surface area contributed by atoms with Crippen LogP contribution in [0, 0.1) is 5.38 Å². The van der Waals surface area contributed by atoms with Crippen LogP contribution in [0.15, 0.2) is 30.5 Å². The SMILES string of the molecule is FC(F)(F)c1ccc(OC2CCN(Cc3nc[c]s3)CC2)cc1. The fourth-order valence-electron chi connectivity index (χ4n) is 2.58. The van der Waals surface area contributed by atoms with E-state index < -0.39 is 11.7 Å². The molecule has 0 unspecified atom stereocenters. The third-order valence-electron chi connectivity index (χ3n) is 3.82. The van der Waals surface area contributed by atoms with Crippen molar-refractivity contribution >= 4 is 11.3 Å². The highest BCUT2D eigenvalue weighted by molar-refractivity contribution is 7.09. The number of thiazole rings is 1. The minimum atomic E-state index is -4.31. The van der Waals surface area contributed by atoms with E-state index in [0.717, 1.165) is 49.6 Å². The lowest BCUT2D eigenvalue weighted by atomic mass is 10.1. The summed E-state index contributed by atoms with van der Waals surface area (Å²) in [6.07, 6.45) is -0.866. The van der Waals surface area contributed by atoms with Crippen LogP contribution in [0.5, 0.6) is 5.75 Å². The summed E-state index contributed by atoms with van der Waals surface area (Å²) in [6.45, 7) is 2.61. The number of nitrogens with zero attached hydrogens (tertiary/aromatic N) is 2. The summed E-state index contributed by atoms with van der Waals surface area (Å²) in [5, 5.41) is 4.02. The van der Waals surface area contributed by atoms with Gasteiger partial charge in [0, 0.05) is 19.3 Å². The summed E-state index contributed by atoms with van der Waals surface area (Å²) >= 11 is 1.52. The molecule has 2 heterocycles. The van der Waals surface area contributed by atoms with Gasteiger partial charge in [0.25, 0.3) is 0 Å². The Morgan fingerprint density at radius 3 is 2.48 bits per heavy atom. The molecule has 1 fully saturated rings. The molecule has 1 saturated heterocycles. The van der Waals surface area contributed by atoms with Gasteiger partial charge in [0.15, 0.2) is 0 Å². The number of rotatable bonds is 4. The van der Waals surface area contributed by atoms with Crippen LogP contribution in [0.25, 0.3) is 0 Å². The number of halogens is 3. The van der Waals surface area contributed by atoms with Crippen molar-refractivity contribution in [3.05, 3.63) is 46.4 Å². The van der Waals surface area contributed by atoms with Crippen LogP contribution in [0.1, 0.15) is 23.4 Å². The lowest BCUT2D eigenvalue weighted by Crippen LogP contribution is -2.37. The second-order valence-electron chi connectivity index (χ2n) is 5.49. The van der Waals surface area contributed by atoms with Gasteiger partial charge in [-0.05, 0) is 37.1 Å². The van der Waals surface area contributed by atoms with E-state index in [0.29, 0.717) is 5.75 Å². The summed E-state index contributed by atoms with van der Waals surface area (Å²) in [4.78, 5) is 6.53. The van der Waals surface area contributed by atoms with Crippen LogP contribution < -0.4 is 4.74 Å². The summed E-state index contributed by atoms with van der Waals surface area (Å²) in [5.41, 5.74) is -0.653. The second kappa shape index (κ2) is 6.88. The number of likely N-dealkylation sites (tertiary alicyclic amines) is 1. The van der Waals surface area contributed by atoms with Crippen molar-refractivity contribution in [2.45, 2.75) is 31.7 Å². The zero-order chi connectivity index (χ0) is 16.3. The highest BCUT2D eigenvalue weighted by atomic mass is 32.1.